The van der Waals surface area contributed by atoms with Crippen LogP contribution in [-0.4, -0.2) is 48.4 Å². The summed E-state index contributed by atoms with van der Waals surface area (Å²) in [6.07, 6.45) is 3.45. The summed E-state index contributed by atoms with van der Waals surface area (Å²) in [4.78, 5) is 43.9. The normalized spacial score (nSPS) is 14.2. The van der Waals surface area contributed by atoms with Crippen molar-refractivity contribution in [2.45, 2.75) is 38.6 Å². The number of aromatic nitrogens is 1. The number of anilines is 3. The van der Waals surface area contributed by atoms with Gasteiger partial charge in [-0.05, 0) is 43.0 Å². The molecular formula is C25H31N7O3S. The third kappa shape index (κ3) is 5.42. The average molecular weight is 510 g/mol. The highest BCUT2D eigenvalue weighted by Gasteiger charge is 2.24. The second-order valence-electron chi connectivity index (χ2n) is 8.88. The minimum Gasteiger partial charge on any atom is -0.397 e. The zero-order valence-corrected chi connectivity index (χ0v) is 21.0. The molecule has 1 aliphatic rings. The molecule has 10 nitrogen and oxygen atoms in total. The molecule has 1 saturated heterocycles. The van der Waals surface area contributed by atoms with Gasteiger partial charge in [0, 0.05) is 24.5 Å². The van der Waals surface area contributed by atoms with Crippen LogP contribution in [0.25, 0.3) is 10.2 Å². The number of piperidine rings is 1. The maximum absolute atomic E-state index is 12.4. The Morgan fingerprint density at radius 1 is 1.14 bits per heavy atom. The maximum Gasteiger partial charge on any atom is 0.260 e. The number of primary amides is 2. The van der Waals surface area contributed by atoms with E-state index in [4.69, 9.17) is 22.2 Å². The van der Waals surface area contributed by atoms with Crippen LogP contribution in [0.2, 0.25) is 0 Å². The van der Waals surface area contributed by atoms with Crippen molar-refractivity contribution >= 4 is 56.5 Å². The van der Waals surface area contributed by atoms with Crippen molar-refractivity contribution in [1.82, 2.24) is 10.3 Å². The lowest BCUT2D eigenvalue weighted by molar-refractivity contribution is -0.115. The first-order chi connectivity index (χ1) is 17.3. The second-order valence-corrected chi connectivity index (χ2v) is 9.88. The van der Waals surface area contributed by atoms with Crippen LogP contribution in [0.5, 0.6) is 0 Å². The molecule has 3 amide bonds. The van der Waals surface area contributed by atoms with Crippen LogP contribution < -0.4 is 32.7 Å². The van der Waals surface area contributed by atoms with Crippen molar-refractivity contribution < 1.29 is 14.4 Å². The molecule has 8 N–H and O–H groups in total. The lowest BCUT2D eigenvalue weighted by atomic mass is 10.0. The molecule has 3 heterocycles. The van der Waals surface area contributed by atoms with Crippen molar-refractivity contribution in [3.8, 4) is 0 Å². The minimum absolute atomic E-state index is 0.132. The predicted octanol–water partition coefficient (Wildman–Crippen LogP) is 2.23. The van der Waals surface area contributed by atoms with Gasteiger partial charge in [-0.2, -0.15) is 0 Å². The molecule has 0 spiro atoms. The molecule has 0 radical (unpaired) electrons. The van der Waals surface area contributed by atoms with E-state index in [0.717, 1.165) is 60.4 Å². The van der Waals surface area contributed by atoms with Gasteiger partial charge >= 0.3 is 0 Å². The molecular weight excluding hydrogens is 478 g/mol. The fraction of sp³-hybridized carbons (Fsp3) is 0.360. The van der Waals surface area contributed by atoms with E-state index in [1.807, 2.05) is 0 Å². The maximum atomic E-state index is 12.4. The van der Waals surface area contributed by atoms with E-state index in [0.29, 0.717) is 16.3 Å². The van der Waals surface area contributed by atoms with E-state index in [2.05, 4.69) is 28.5 Å². The molecule has 1 aromatic carbocycles. The SMILES string of the molecule is CCCc1cc(N2CCC(NCC(=O)Nc3ccccc3C(N)=O)CC2)nc2sc(C(N)=O)c(N)c12. The number of carbonyl (C=O) groups excluding carboxylic acids is 3. The Hall–Kier alpha value is -3.70. The molecule has 0 atom stereocenters. The largest absolute Gasteiger partial charge is 0.397 e. The van der Waals surface area contributed by atoms with Crippen LogP contribution in [0.1, 0.15) is 51.8 Å². The lowest BCUT2D eigenvalue weighted by Crippen LogP contribution is -2.45. The van der Waals surface area contributed by atoms with Crippen LogP contribution >= 0.6 is 11.3 Å². The van der Waals surface area contributed by atoms with Gasteiger partial charge in [-0.25, -0.2) is 4.98 Å². The van der Waals surface area contributed by atoms with E-state index in [9.17, 15) is 14.4 Å². The number of hydrogen-bond donors (Lipinski definition) is 5. The van der Waals surface area contributed by atoms with Gasteiger partial charge in [0.15, 0.2) is 0 Å². The summed E-state index contributed by atoms with van der Waals surface area (Å²) in [5.41, 5.74) is 19.3. The molecule has 11 heteroatoms. The quantitative estimate of drug-likeness (QED) is 0.294. The summed E-state index contributed by atoms with van der Waals surface area (Å²) >= 11 is 1.24. The van der Waals surface area contributed by atoms with E-state index in [1.54, 1.807) is 24.3 Å². The minimum atomic E-state index is -0.587. The first kappa shape index (κ1) is 25.4. The smallest absolute Gasteiger partial charge is 0.260 e. The van der Waals surface area contributed by atoms with E-state index in [-0.39, 0.29) is 24.1 Å². The number of para-hydroxylation sites is 1. The number of fused-ring (bicyclic) bond motifs is 1. The van der Waals surface area contributed by atoms with E-state index in [1.165, 1.54) is 11.3 Å². The summed E-state index contributed by atoms with van der Waals surface area (Å²) in [6.45, 7) is 3.78. The summed E-state index contributed by atoms with van der Waals surface area (Å²) in [7, 11) is 0. The number of nitrogen functional groups attached to an aromatic ring is 1. The average Bonchev–Trinajstić information content (AvgIpc) is 3.20. The number of aryl methyl sites for hydroxylation is 1. The Morgan fingerprint density at radius 2 is 1.86 bits per heavy atom. The van der Waals surface area contributed by atoms with Crippen LogP contribution in [-0.2, 0) is 11.2 Å². The molecule has 4 rings (SSSR count). The molecule has 3 aromatic rings. The number of pyridine rings is 1. The van der Waals surface area contributed by atoms with Crippen LogP contribution in [0.3, 0.4) is 0 Å². The standard InChI is InChI=1S/C25H31N7O3S/c1-2-5-14-12-18(31-25-20(14)21(26)22(36-25)24(28)35)32-10-8-15(9-11-32)29-13-19(33)30-17-7-4-3-6-16(17)23(27)34/h3-4,6-7,12,15,29H,2,5,8-11,13,26H2,1H3,(H2,27,34)(H2,28,35)(H,30,33). The fourth-order valence-corrected chi connectivity index (χ4v) is 5.54. The summed E-state index contributed by atoms with van der Waals surface area (Å²) in [5, 5.41) is 6.89. The van der Waals surface area contributed by atoms with Gasteiger partial charge in [0.1, 0.15) is 15.5 Å². The number of benzene rings is 1. The third-order valence-corrected chi connectivity index (χ3v) is 7.46. The molecule has 0 unspecified atom stereocenters. The third-order valence-electron chi connectivity index (χ3n) is 6.35. The van der Waals surface area contributed by atoms with Crippen molar-refractivity contribution in [3.05, 3.63) is 46.3 Å². The topological polar surface area (TPSA) is 169 Å². The van der Waals surface area contributed by atoms with Gasteiger partial charge in [0.2, 0.25) is 5.91 Å². The Morgan fingerprint density at radius 3 is 2.53 bits per heavy atom. The molecule has 2 aromatic heterocycles. The lowest BCUT2D eigenvalue weighted by Gasteiger charge is -2.33. The zero-order valence-electron chi connectivity index (χ0n) is 20.2. The van der Waals surface area contributed by atoms with Crippen molar-refractivity contribution in [2.75, 3.05) is 35.6 Å². The summed E-state index contributed by atoms with van der Waals surface area (Å²) < 4.78 is 0. The molecule has 1 aliphatic heterocycles. The number of thiophene rings is 1. The van der Waals surface area contributed by atoms with Gasteiger partial charge in [-0.3, -0.25) is 14.4 Å². The van der Waals surface area contributed by atoms with Crippen molar-refractivity contribution in [2.24, 2.45) is 11.5 Å². The molecule has 0 bridgehead atoms. The van der Waals surface area contributed by atoms with Crippen LogP contribution in [0, 0.1) is 0 Å². The second kappa shape index (κ2) is 10.9. The Kier molecular flexibility index (Phi) is 7.70. The number of nitrogens with two attached hydrogens (primary N) is 3. The zero-order chi connectivity index (χ0) is 25.8. The number of hydrogen-bond acceptors (Lipinski definition) is 8. The van der Waals surface area contributed by atoms with Crippen LogP contribution in [0.15, 0.2) is 30.3 Å². The highest BCUT2D eigenvalue weighted by molar-refractivity contribution is 7.21. The monoisotopic (exact) mass is 509 g/mol. The summed E-state index contributed by atoms with van der Waals surface area (Å²) in [5.74, 6) is -0.491. The Balaban J connectivity index is 1.38. The van der Waals surface area contributed by atoms with Gasteiger partial charge in [-0.15, -0.1) is 11.3 Å². The molecule has 36 heavy (non-hydrogen) atoms. The Bertz CT molecular complexity index is 1300. The number of nitrogens with one attached hydrogen (secondary N) is 2. The van der Waals surface area contributed by atoms with Crippen molar-refractivity contribution in [3.63, 3.8) is 0 Å². The fourth-order valence-electron chi connectivity index (χ4n) is 4.55. The molecule has 0 saturated carbocycles. The molecule has 1 fully saturated rings. The van der Waals surface area contributed by atoms with Gasteiger partial charge in [0.05, 0.1) is 23.5 Å². The molecule has 190 valence electrons. The highest BCUT2D eigenvalue weighted by atomic mass is 32.1. The number of rotatable bonds is 9. The number of amides is 3. The van der Waals surface area contributed by atoms with Gasteiger partial charge < -0.3 is 32.7 Å². The highest BCUT2D eigenvalue weighted by Crippen LogP contribution is 2.37. The number of carbonyl (C=O) groups is 3. The Labute approximate surface area is 213 Å². The molecule has 0 aliphatic carbocycles. The first-order valence-electron chi connectivity index (χ1n) is 12.0. The van der Waals surface area contributed by atoms with E-state index < -0.39 is 11.8 Å². The first-order valence-corrected chi connectivity index (χ1v) is 12.8. The van der Waals surface area contributed by atoms with Crippen molar-refractivity contribution in [1.29, 1.82) is 0 Å². The van der Waals surface area contributed by atoms with Gasteiger partial charge in [-0.1, -0.05) is 25.5 Å². The summed E-state index contributed by atoms with van der Waals surface area (Å²) in [6, 6.07) is 8.91. The predicted molar refractivity (Wildman–Crippen MR) is 143 cm³/mol. The number of nitrogens with zero attached hydrogens (tertiary/aromatic N) is 2. The van der Waals surface area contributed by atoms with Crippen LogP contribution in [0.4, 0.5) is 17.2 Å². The van der Waals surface area contributed by atoms with E-state index >= 15 is 0 Å². The van der Waals surface area contributed by atoms with Gasteiger partial charge in [0.25, 0.3) is 11.8 Å².